The normalized spacial score (nSPS) is 13.7. The molecular weight excluding hydrogens is 316 g/mol. The van der Waals surface area contributed by atoms with Gasteiger partial charge in [0.05, 0.1) is 5.75 Å². The lowest BCUT2D eigenvalue weighted by atomic mass is 10.2. The van der Waals surface area contributed by atoms with Crippen molar-refractivity contribution < 1.29 is 9.59 Å². The molecule has 2 amide bonds. The molecule has 3 rings (SSSR count). The fourth-order valence-corrected chi connectivity index (χ4v) is 2.72. The minimum Gasteiger partial charge on any atom is -0.366 e. The third-order valence-corrected chi connectivity index (χ3v) is 4.36. The highest BCUT2D eigenvalue weighted by atomic mass is 32.2. The smallest absolute Gasteiger partial charge is 0.248 e. The van der Waals surface area contributed by atoms with Crippen LogP contribution in [0.3, 0.4) is 0 Å². The van der Waals surface area contributed by atoms with Crippen LogP contribution in [0.5, 0.6) is 0 Å². The zero-order chi connectivity index (χ0) is 16.4. The number of carbonyl (C=O) groups is 2. The lowest BCUT2D eigenvalue weighted by Crippen LogP contribution is -2.17. The summed E-state index contributed by atoms with van der Waals surface area (Å²) in [7, 11) is 0. The third-order valence-electron chi connectivity index (χ3n) is 3.42. The maximum absolute atomic E-state index is 11.9. The number of thioether (sulfide) groups is 1. The lowest BCUT2D eigenvalue weighted by molar-refractivity contribution is -0.113. The van der Waals surface area contributed by atoms with Crippen LogP contribution in [0.1, 0.15) is 34.9 Å². The van der Waals surface area contributed by atoms with E-state index in [0.29, 0.717) is 22.3 Å². The molecule has 0 bridgehead atoms. The number of amides is 2. The molecule has 0 atom stereocenters. The molecular formula is C14H16N6O2S. The number of carbonyl (C=O) groups excluding carboxylic acids is 2. The first-order valence-electron chi connectivity index (χ1n) is 7.07. The second-order valence-electron chi connectivity index (χ2n) is 5.26. The number of nitrogens with zero attached hydrogens (tertiary/aromatic N) is 3. The van der Waals surface area contributed by atoms with Gasteiger partial charge in [-0.1, -0.05) is 11.8 Å². The fraction of sp³-hybridized carbons (Fsp3) is 0.286. The van der Waals surface area contributed by atoms with Gasteiger partial charge in [-0.2, -0.15) is 0 Å². The van der Waals surface area contributed by atoms with E-state index in [0.717, 1.165) is 18.7 Å². The van der Waals surface area contributed by atoms with Gasteiger partial charge in [0.25, 0.3) is 0 Å². The predicted octanol–water partition coefficient (Wildman–Crippen LogP) is 0.699. The highest BCUT2D eigenvalue weighted by molar-refractivity contribution is 7.99. The van der Waals surface area contributed by atoms with E-state index in [1.54, 1.807) is 24.3 Å². The van der Waals surface area contributed by atoms with Gasteiger partial charge in [0, 0.05) is 17.2 Å². The van der Waals surface area contributed by atoms with E-state index < -0.39 is 5.91 Å². The molecule has 1 aliphatic carbocycles. The van der Waals surface area contributed by atoms with E-state index in [1.807, 2.05) is 0 Å². The number of nitrogens with one attached hydrogen (secondary N) is 1. The summed E-state index contributed by atoms with van der Waals surface area (Å²) in [6.07, 6.45) is 2.17. The van der Waals surface area contributed by atoms with Crippen molar-refractivity contribution in [3.8, 4) is 0 Å². The summed E-state index contributed by atoms with van der Waals surface area (Å²) in [4.78, 5) is 22.9. The van der Waals surface area contributed by atoms with Crippen LogP contribution >= 0.6 is 11.8 Å². The van der Waals surface area contributed by atoms with E-state index >= 15 is 0 Å². The molecule has 23 heavy (non-hydrogen) atoms. The first kappa shape index (κ1) is 15.3. The average Bonchev–Trinajstić information content (AvgIpc) is 3.30. The summed E-state index contributed by atoms with van der Waals surface area (Å²) in [5.41, 5.74) is 6.14. The highest BCUT2D eigenvalue weighted by Gasteiger charge is 2.30. The SMILES string of the molecule is NC(=O)c1ccc(NC(=O)CSc2nnc(C3CC3)n2N)cc1. The van der Waals surface area contributed by atoms with Crippen molar-refractivity contribution >= 4 is 29.3 Å². The summed E-state index contributed by atoms with van der Waals surface area (Å²) in [6, 6.07) is 6.37. The lowest BCUT2D eigenvalue weighted by Gasteiger charge is -2.06. The first-order chi connectivity index (χ1) is 11.0. The predicted molar refractivity (Wildman–Crippen MR) is 86.5 cm³/mol. The van der Waals surface area contributed by atoms with Crippen molar-refractivity contribution in [1.29, 1.82) is 0 Å². The number of hydrogen-bond donors (Lipinski definition) is 3. The van der Waals surface area contributed by atoms with Crippen LogP contribution in [0.25, 0.3) is 0 Å². The Morgan fingerprint density at radius 2 is 1.96 bits per heavy atom. The zero-order valence-electron chi connectivity index (χ0n) is 12.2. The standard InChI is InChI=1S/C14H16N6O2S/c15-12(22)8-3-5-10(6-4-8)17-11(21)7-23-14-19-18-13(20(14)16)9-1-2-9/h3-6,9H,1-2,7,16H2,(H2,15,22)(H,17,21). The van der Waals surface area contributed by atoms with Crippen molar-refractivity contribution in [2.45, 2.75) is 23.9 Å². The van der Waals surface area contributed by atoms with Crippen molar-refractivity contribution in [3.63, 3.8) is 0 Å². The molecule has 1 heterocycles. The van der Waals surface area contributed by atoms with E-state index in [1.165, 1.54) is 16.4 Å². The monoisotopic (exact) mass is 332 g/mol. The number of aromatic nitrogens is 3. The van der Waals surface area contributed by atoms with E-state index in [-0.39, 0.29) is 11.7 Å². The van der Waals surface area contributed by atoms with Crippen LogP contribution in [-0.2, 0) is 4.79 Å². The van der Waals surface area contributed by atoms with E-state index in [4.69, 9.17) is 11.6 Å². The van der Waals surface area contributed by atoms with Crippen molar-refractivity contribution in [1.82, 2.24) is 14.9 Å². The molecule has 0 unspecified atom stereocenters. The van der Waals surface area contributed by atoms with Crippen molar-refractivity contribution in [2.24, 2.45) is 5.73 Å². The molecule has 1 fully saturated rings. The van der Waals surface area contributed by atoms with Crippen LogP contribution in [0.4, 0.5) is 5.69 Å². The van der Waals surface area contributed by atoms with Gasteiger partial charge in [0.15, 0.2) is 5.82 Å². The summed E-state index contributed by atoms with van der Waals surface area (Å²) in [6.45, 7) is 0. The third kappa shape index (κ3) is 3.62. The van der Waals surface area contributed by atoms with Gasteiger partial charge < -0.3 is 16.9 Å². The van der Waals surface area contributed by atoms with Gasteiger partial charge in [-0.25, -0.2) is 4.68 Å². The Labute approximate surface area is 136 Å². The molecule has 5 N–H and O–H groups in total. The number of hydrogen-bond acceptors (Lipinski definition) is 6. The van der Waals surface area contributed by atoms with Crippen molar-refractivity contribution in [2.75, 3.05) is 16.9 Å². The molecule has 1 aromatic heterocycles. The van der Waals surface area contributed by atoms with Gasteiger partial charge in [0.1, 0.15) is 0 Å². The number of anilines is 1. The molecule has 2 aromatic rings. The second kappa shape index (κ2) is 6.29. The number of nitrogen functional groups attached to an aromatic ring is 1. The summed E-state index contributed by atoms with van der Waals surface area (Å²) in [5.74, 6) is 6.56. The Bertz CT molecular complexity index is 738. The van der Waals surface area contributed by atoms with Gasteiger partial charge in [0.2, 0.25) is 17.0 Å². The molecule has 8 nitrogen and oxygen atoms in total. The Kier molecular flexibility index (Phi) is 4.20. The molecule has 9 heteroatoms. The molecule has 1 aliphatic rings. The van der Waals surface area contributed by atoms with Crippen LogP contribution in [0, 0.1) is 0 Å². The second-order valence-corrected chi connectivity index (χ2v) is 6.21. The molecule has 120 valence electrons. The number of primary amides is 1. The molecule has 0 aliphatic heterocycles. The number of rotatable bonds is 6. The minimum atomic E-state index is -0.507. The minimum absolute atomic E-state index is 0.164. The fourth-order valence-electron chi connectivity index (χ4n) is 2.05. The van der Waals surface area contributed by atoms with Crippen molar-refractivity contribution in [3.05, 3.63) is 35.7 Å². The highest BCUT2D eigenvalue weighted by Crippen LogP contribution is 2.39. The van der Waals surface area contributed by atoms with Crippen LogP contribution in [0.15, 0.2) is 29.4 Å². The van der Waals surface area contributed by atoms with Crippen LogP contribution in [0.2, 0.25) is 0 Å². The maximum atomic E-state index is 11.9. The quantitative estimate of drug-likeness (QED) is 0.527. The average molecular weight is 332 g/mol. The topological polar surface area (TPSA) is 129 Å². The zero-order valence-corrected chi connectivity index (χ0v) is 13.0. The van der Waals surface area contributed by atoms with Gasteiger partial charge >= 0.3 is 0 Å². The summed E-state index contributed by atoms with van der Waals surface area (Å²) in [5, 5.41) is 11.3. The number of nitrogens with two attached hydrogens (primary N) is 2. The summed E-state index contributed by atoms with van der Waals surface area (Å²) >= 11 is 1.23. The summed E-state index contributed by atoms with van der Waals surface area (Å²) < 4.78 is 1.46. The number of benzene rings is 1. The Morgan fingerprint density at radius 1 is 1.26 bits per heavy atom. The van der Waals surface area contributed by atoms with Gasteiger partial charge in [-0.05, 0) is 37.1 Å². The molecule has 0 radical (unpaired) electrons. The van der Waals surface area contributed by atoms with Gasteiger partial charge in [-0.15, -0.1) is 10.2 Å². The first-order valence-corrected chi connectivity index (χ1v) is 8.06. The van der Waals surface area contributed by atoms with E-state index in [9.17, 15) is 9.59 Å². The Morgan fingerprint density at radius 3 is 2.57 bits per heavy atom. The molecule has 0 saturated heterocycles. The molecule has 1 aromatic carbocycles. The van der Waals surface area contributed by atoms with E-state index in [2.05, 4.69) is 15.5 Å². The molecule has 1 saturated carbocycles. The van der Waals surface area contributed by atoms with Crippen LogP contribution in [-0.4, -0.2) is 32.4 Å². The Hall–Kier alpha value is -2.55. The van der Waals surface area contributed by atoms with Gasteiger partial charge in [-0.3, -0.25) is 9.59 Å². The molecule has 0 spiro atoms. The maximum Gasteiger partial charge on any atom is 0.248 e. The largest absolute Gasteiger partial charge is 0.366 e. The van der Waals surface area contributed by atoms with Crippen LogP contribution < -0.4 is 16.9 Å². The Balaban J connectivity index is 1.54.